The average Bonchev–Trinajstić information content (AvgIpc) is 2.83. The van der Waals surface area contributed by atoms with Crippen molar-refractivity contribution in [3.05, 3.63) is 54.1 Å². The van der Waals surface area contributed by atoms with Gasteiger partial charge in [0.1, 0.15) is 5.75 Å². The van der Waals surface area contributed by atoms with E-state index in [0.29, 0.717) is 23.7 Å². The first-order chi connectivity index (χ1) is 17.2. The van der Waals surface area contributed by atoms with E-state index in [0.717, 1.165) is 12.8 Å². The molecule has 2 amide bonds. The second-order valence-electron chi connectivity index (χ2n) is 8.02. The third-order valence-electron chi connectivity index (χ3n) is 4.97. The average molecular weight is 498 g/mol. The highest BCUT2D eigenvalue weighted by Crippen LogP contribution is 2.19. The summed E-state index contributed by atoms with van der Waals surface area (Å²) in [5.41, 5.74) is 11.7. The van der Waals surface area contributed by atoms with E-state index >= 15 is 0 Å². The van der Waals surface area contributed by atoms with Gasteiger partial charge in [-0.15, -0.1) is 0 Å². The summed E-state index contributed by atoms with van der Waals surface area (Å²) in [7, 11) is 0. The Morgan fingerprint density at radius 1 is 1.06 bits per heavy atom. The Labute approximate surface area is 208 Å². The molecule has 2 rings (SSSR count). The molecule has 2 aromatic carbocycles. The minimum atomic E-state index is -1.22. The number of nitrogens with one attached hydrogen (secondary N) is 2. The predicted octanol–water partition coefficient (Wildman–Crippen LogP) is 2.19. The minimum Gasteiger partial charge on any atom is -0.494 e. The van der Waals surface area contributed by atoms with E-state index < -0.39 is 35.9 Å². The molecule has 11 nitrogen and oxygen atoms in total. The van der Waals surface area contributed by atoms with E-state index in [1.165, 1.54) is 12.1 Å². The zero-order chi connectivity index (χ0) is 26.5. The van der Waals surface area contributed by atoms with E-state index in [2.05, 4.69) is 22.5 Å². The summed E-state index contributed by atoms with van der Waals surface area (Å²) < 4.78 is 5.57. The third-order valence-corrected chi connectivity index (χ3v) is 4.97. The van der Waals surface area contributed by atoms with Gasteiger partial charge in [0.2, 0.25) is 5.91 Å². The number of aliphatic carboxylic acids is 1. The lowest BCUT2D eigenvalue weighted by molar-refractivity contribution is -0.140. The summed E-state index contributed by atoms with van der Waals surface area (Å²) in [6.45, 7) is 2.27. The second-order valence-corrected chi connectivity index (χ2v) is 8.02. The lowest BCUT2D eigenvalue weighted by atomic mass is 9.97. The van der Waals surface area contributed by atoms with Crippen molar-refractivity contribution in [2.45, 2.75) is 32.6 Å². The van der Waals surface area contributed by atoms with Gasteiger partial charge < -0.3 is 31.9 Å². The number of nitrogens with two attached hydrogens (primary N) is 2. The molecule has 0 aromatic heterocycles. The highest BCUT2D eigenvalue weighted by molar-refractivity contribution is 6.00. The van der Waals surface area contributed by atoms with Crippen molar-refractivity contribution in [1.29, 1.82) is 0 Å². The Hall–Kier alpha value is -4.41. The second kappa shape index (κ2) is 14.1. The summed E-state index contributed by atoms with van der Waals surface area (Å²) in [5, 5.41) is 14.3. The zero-order valence-corrected chi connectivity index (χ0v) is 20.0. The van der Waals surface area contributed by atoms with Crippen molar-refractivity contribution < 1.29 is 29.0 Å². The van der Waals surface area contributed by atoms with Crippen LogP contribution in [0, 0.1) is 5.92 Å². The van der Waals surface area contributed by atoms with Crippen LogP contribution in [-0.2, 0) is 14.4 Å². The number of guanidine groups is 1. The molecule has 0 spiro atoms. The van der Waals surface area contributed by atoms with Crippen LogP contribution in [-0.4, -0.2) is 47.8 Å². The van der Waals surface area contributed by atoms with Gasteiger partial charge in [-0.05, 0) is 48.9 Å². The number of ketones is 1. The van der Waals surface area contributed by atoms with E-state index in [1.54, 1.807) is 36.4 Å². The van der Waals surface area contributed by atoms with Gasteiger partial charge in [-0.25, -0.2) is 4.99 Å². The summed E-state index contributed by atoms with van der Waals surface area (Å²) in [6, 6.07) is 12.8. The number of carbonyl (C=O) groups excluding carboxylic acids is 3. The Bertz CT molecular complexity index is 1100. The number of rotatable bonds is 14. The van der Waals surface area contributed by atoms with Crippen LogP contribution in [0.1, 0.15) is 43.0 Å². The van der Waals surface area contributed by atoms with E-state index in [4.69, 9.17) is 16.2 Å². The third kappa shape index (κ3) is 9.84. The number of anilines is 1. The number of Topliss-reactive ketones (excluding diaryl/α,β-unsaturated/α-hetero) is 1. The van der Waals surface area contributed by atoms with Gasteiger partial charge in [-0.2, -0.15) is 0 Å². The topological polar surface area (TPSA) is 186 Å². The fraction of sp³-hybridized carbons (Fsp3) is 0.320. The van der Waals surface area contributed by atoms with E-state index in [9.17, 15) is 24.3 Å². The maximum absolute atomic E-state index is 12.7. The molecule has 2 aromatic rings. The molecule has 0 fully saturated rings. The number of carboxylic acids is 1. The normalized spacial score (nSPS) is 11.1. The van der Waals surface area contributed by atoms with Crippen LogP contribution in [0.3, 0.4) is 0 Å². The Balaban J connectivity index is 1.94. The Morgan fingerprint density at radius 3 is 2.42 bits per heavy atom. The van der Waals surface area contributed by atoms with Crippen molar-refractivity contribution >= 4 is 40.9 Å². The first-order valence-corrected chi connectivity index (χ1v) is 11.4. The first-order valence-electron chi connectivity index (χ1n) is 11.4. The lowest BCUT2D eigenvalue weighted by Gasteiger charge is -2.15. The fourth-order valence-corrected chi connectivity index (χ4v) is 3.18. The highest BCUT2D eigenvalue weighted by atomic mass is 16.5. The lowest BCUT2D eigenvalue weighted by Crippen LogP contribution is -2.33. The molecule has 1 atom stereocenters. The Morgan fingerprint density at radius 2 is 1.78 bits per heavy atom. The smallest absolute Gasteiger partial charge is 0.304 e. The molecule has 0 heterocycles. The molecule has 11 heteroatoms. The molecule has 0 bridgehead atoms. The number of carboxylic acid groups (broad SMARTS) is 1. The number of ether oxygens (including phenoxy) is 1. The van der Waals surface area contributed by atoms with Gasteiger partial charge in [0.05, 0.1) is 31.2 Å². The fourth-order valence-electron chi connectivity index (χ4n) is 3.18. The van der Waals surface area contributed by atoms with Crippen molar-refractivity contribution in [1.82, 2.24) is 5.32 Å². The molecular formula is C25H31N5O6. The molecule has 0 aliphatic heterocycles. The number of hydrogen-bond acceptors (Lipinski definition) is 6. The number of unbranched alkanes of at least 4 members (excludes halogenated alkanes) is 1. The van der Waals surface area contributed by atoms with Crippen molar-refractivity contribution in [3.63, 3.8) is 0 Å². The highest BCUT2D eigenvalue weighted by Gasteiger charge is 2.25. The molecule has 0 aliphatic rings. The van der Waals surface area contributed by atoms with Crippen molar-refractivity contribution in [2.24, 2.45) is 22.4 Å². The molecule has 7 N–H and O–H groups in total. The quantitative estimate of drug-likeness (QED) is 0.149. The summed E-state index contributed by atoms with van der Waals surface area (Å²) in [5.74, 6) is -3.50. The molecule has 192 valence electrons. The summed E-state index contributed by atoms with van der Waals surface area (Å²) in [6.07, 6.45) is 1.04. The monoisotopic (exact) mass is 497 g/mol. The zero-order valence-electron chi connectivity index (χ0n) is 20.0. The SMILES string of the molecule is CCCCOc1ccc(NC(=O)[C@H](CC(=O)O)CC(=O)CNC(=O)c2cccc(N=C(N)N)c2)cc1. The van der Waals surface area contributed by atoms with Crippen LogP contribution in [0.2, 0.25) is 0 Å². The largest absolute Gasteiger partial charge is 0.494 e. The van der Waals surface area contributed by atoms with Crippen molar-refractivity contribution in [3.8, 4) is 5.75 Å². The van der Waals surface area contributed by atoms with Crippen LogP contribution < -0.4 is 26.8 Å². The van der Waals surface area contributed by atoms with Crippen LogP contribution in [0.25, 0.3) is 0 Å². The molecule has 0 radical (unpaired) electrons. The Kier molecular flexibility index (Phi) is 10.9. The summed E-state index contributed by atoms with van der Waals surface area (Å²) in [4.78, 5) is 52.6. The van der Waals surface area contributed by atoms with Gasteiger partial charge in [0, 0.05) is 17.7 Å². The van der Waals surface area contributed by atoms with Crippen LogP contribution >= 0.6 is 0 Å². The predicted molar refractivity (Wildman–Crippen MR) is 135 cm³/mol. The van der Waals surface area contributed by atoms with Gasteiger partial charge in [0.15, 0.2) is 11.7 Å². The number of amides is 2. The first kappa shape index (κ1) is 27.8. The van der Waals surface area contributed by atoms with E-state index in [-0.39, 0.29) is 24.5 Å². The van der Waals surface area contributed by atoms with Crippen LogP contribution in [0.4, 0.5) is 11.4 Å². The number of benzene rings is 2. The molecule has 0 aliphatic carbocycles. The molecule has 0 unspecified atom stereocenters. The van der Waals surface area contributed by atoms with Gasteiger partial charge in [0.25, 0.3) is 5.91 Å². The van der Waals surface area contributed by atoms with Gasteiger partial charge in [-0.1, -0.05) is 19.4 Å². The maximum Gasteiger partial charge on any atom is 0.304 e. The molecular weight excluding hydrogens is 466 g/mol. The van der Waals surface area contributed by atoms with Crippen LogP contribution in [0.5, 0.6) is 5.75 Å². The minimum absolute atomic E-state index is 0.165. The number of aliphatic imine (C=N–C) groups is 1. The number of carbonyl (C=O) groups is 4. The standard InChI is InChI=1S/C25H31N5O6/c1-2-3-11-36-21-9-7-18(8-10-21)29-24(35)17(14-22(32)33)13-20(31)15-28-23(34)16-5-4-6-19(12-16)30-25(26)27/h4-10,12,17H,2-3,11,13-15H2,1H3,(H,28,34)(H,29,35)(H,32,33)(H4,26,27,30)/t17-/m0/s1. The molecule has 36 heavy (non-hydrogen) atoms. The van der Waals surface area contributed by atoms with E-state index in [1.807, 2.05) is 0 Å². The number of nitrogens with zero attached hydrogens (tertiary/aromatic N) is 1. The maximum atomic E-state index is 12.7. The molecule has 0 saturated heterocycles. The number of hydrogen-bond donors (Lipinski definition) is 5. The van der Waals surface area contributed by atoms with Crippen molar-refractivity contribution in [2.75, 3.05) is 18.5 Å². The summed E-state index contributed by atoms with van der Waals surface area (Å²) >= 11 is 0. The van der Waals surface area contributed by atoms with Gasteiger partial charge in [-0.3, -0.25) is 19.2 Å². The van der Waals surface area contributed by atoms with Gasteiger partial charge >= 0.3 is 5.97 Å². The van der Waals surface area contributed by atoms with Crippen LogP contribution in [0.15, 0.2) is 53.5 Å². The molecule has 0 saturated carbocycles.